The predicted octanol–water partition coefficient (Wildman–Crippen LogP) is 0.267. The van der Waals surface area contributed by atoms with Gasteiger partial charge in [-0.3, -0.25) is 0 Å². The molecule has 1 aromatic carbocycles. The Hall–Kier alpha value is -2.77. The number of carbonyl (C=O) groups is 1. The molecule has 1 fully saturated rings. The third kappa shape index (κ3) is 4.10. The summed E-state index contributed by atoms with van der Waals surface area (Å²) in [6.07, 6.45) is 2.20. The monoisotopic (exact) mass is 290 g/mol. The number of nitrogens with one attached hydrogen (secondary N) is 1. The molecule has 0 amide bonds. The Morgan fingerprint density at radius 2 is 2.05 bits per heavy atom. The van der Waals surface area contributed by atoms with Gasteiger partial charge in [0.05, 0.1) is 24.0 Å². The van der Waals surface area contributed by atoms with Gasteiger partial charge in [0.1, 0.15) is 0 Å². The Bertz CT molecular complexity index is 603. The summed E-state index contributed by atoms with van der Waals surface area (Å²) < 4.78 is 4.69. The highest BCUT2D eigenvalue weighted by Gasteiger charge is 2.22. The van der Waals surface area contributed by atoms with Crippen LogP contribution in [0.4, 0.5) is 11.4 Å². The number of aliphatic imine (C=N–C) groups is 2. The molecule has 21 heavy (non-hydrogen) atoms. The first-order chi connectivity index (χ1) is 9.99. The van der Waals surface area contributed by atoms with Crippen LogP contribution in [0.3, 0.4) is 0 Å². The lowest BCUT2D eigenvalue weighted by Crippen LogP contribution is -2.26. The average molecular weight is 290 g/mol. The molecule has 1 aliphatic rings. The van der Waals surface area contributed by atoms with Crippen molar-refractivity contribution in [1.82, 2.24) is 0 Å². The van der Waals surface area contributed by atoms with Gasteiger partial charge in [0.25, 0.3) is 0 Å². The van der Waals surface area contributed by atoms with Crippen LogP contribution in [0.25, 0.3) is 0 Å². The molecule has 8 heteroatoms. The van der Waals surface area contributed by atoms with Gasteiger partial charge in [0.2, 0.25) is 5.96 Å². The minimum absolute atomic E-state index is 0.0872. The van der Waals surface area contributed by atoms with E-state index in [9.17, 15) is 4.79 Å². The first kappa shape index (κ1) is 14.6. The van der Waals surface area contributed by atoms with Crippen molar-refractivity contribution in [2.75, 3.05) is 12.4 Å². The number of carbonyl (C=O) groups excluding carboxylic acids is 1. The fourth-order valence-electron chi connectivity index (χ4n) is 1.72. The van der Waals surface area contributed by atoms with Crippen molar-refractivity contribution in [3.63, 3.8) is 0 Å². The zero-order chi connectivity index (χ0) is 15.4. The van der Waals surface area contributed by atoms with Gasteiger partial charge in [-0.1, -0.05) is 0 Å². The highest BCUT2D eigenvalue weighted by molar-refractivity contribution is 5.96. The zero-order valence-electron chi connectivity index (χ0n) is 11.7. The van der Waals surface area contributed by atoms with Crippen LogP contribution in [0, 0.1) is 0 Å². The molecule has 0 spiro atoms. The van der Waals surface area contributed by atoms with Crippen LogP contribution in [0.1, 0.15) is 23.2 Å². The molecule has 2 rings (SSSR count). The highest BCUT2D eigenvalue weighted by atomic mass is 16.5. The summed E-state index contributed by atoms with van der Waals surface area (Å²) in [5, 5.41) is 3.30. The van der Waals surface area contributed by atoms with E-state index in [-0.39, 0.29) is 11.9 Å². The van der Waals surface area contributed by atoms with Gasteiger partial charge < -0.3 is 27.3 Å². The number of esters is 1. The van der Waals surface area contributed by atoms with Gasteiger partial charge >= 0.3 is 5.97 Å². The Balaban J connectivity index is 2.37. The molecule has 0 heterocycles. The smallest absolute Gasteiger partial charge is 0.337 e. The Labute approximate surface area is 122 Å². The molecule has 112 valence electrons. The van der Waals surface area contributed by atoms with Gasteiger partial charge in [0, 0.05) is 6.04 Å². The maximum atomic E-state index is 11.6. The van der Waals surface area contributed by atoms with Crippen LogP contribution in [0.15, 0.2) is 28.2 Å². The molecule has 1 aliphatic carbocycles. The second-order valence-electron chi connectivity index (χ2n) is 4.65. The molecule has 7 N–H and O–H groups in total. The predicted molar refractivity (Wildman–Crippen MR) is 81.5 cm³/mol. The maximum absolute atomic E-state index is 11.6. The van der Waals surface area contributed by atoms with Crippen LogP contribution < -0.4 is 22.5 Å². The van der Waals surface area contributed by atoms with Gasteiger partial charge in [-0.2, -0.15) is 4.99 Å². The van der Waals surface area contributed by atoms with E-state index in [0.29, 0.717) is 17.3 Å². The van der Waals surface area contributed by atoms with E-state index in [1.165, 1.54) is 7.11 Å². The van der Waals surface area contributed by atoms with Crippen molar-refractivity contribution in [2.24, 2.45) is 27.2 Å². The molecule has 0 bridgehead atoms. The summed E-state index contributed by atoms with van der Waals surface area (Å²) in [6, 6.07) is 5.41. The zero-order valence-corrected chi connectivity index (χ0v) is 11.7. The van der Waals surface area contributed by atoms with Crippen LogP contribution >= 0.6 is 0 Å². The molecule has 0 atom stereocenters. The molecule has 8 nitrogen and oxygen atoms in total. The van der Waals surface area contributed by atoms with Gasteiger partial charge in [-0.15, -0.1) is 0 Å². The second kappa shape index (κ2) is 6.12. The van der Waals surface area contributed by atoms with E-state index in [1.807, 2.05) is 0 Å². The lowest BCUT2D eigenvalue weighted by atomic mass is 10.1. The molecule has 0 saturated heterocycles. The number of anilines is 1. The van der Waals surface area contributed by atoms with E-state index in [4.69, 9.17) is 17.2 Å². The molecule has 0 aromatic heterocycles. The summed E-state index contributed by atoms with van der Waals surface area (Å²) in [4.78, 5) is 19.4. The number of rotatable bonds is 4. The van der Waals surface area contributed by atoms with E-state index >= 15 is 0 Å². The standard InChI is InChI=1S/C13H18N6O2/c1-21-11(20)7-2-5-9(17-8-3-4-8)10(6-7)18-13(16)19-12(14)15/h2,5-6,8,17H,3-4H2,1H3,(H6,14,15,16,18,19). The highest BCUT2D eigenvalue weighted by Crippen LogP contribution is 2.32. The van der Waals surface area contributed by atoms with Crippen molar-refractivity contribution in [1.29, 1.82) is 0 Å². The molecule has 1 aromatic rings. The quantitative estimate of drug-likeness (QED) is 0.356. The third-order valence-corrected chi connectivity index (χ3v) is 2.83. The Morgan fingerprint density at radius 3 is 2.62 bits per heavy atom. The largest absolute Gasteiger partial charge is 0.465 e. The van der Waals surface area contributed by atoms with Gasteiger partial charge in [-0.05, 0) is 31.0 Å². The molecule has 0 aliphatic heterocycles. The van der Waals surface area contributed by atoms with Crippen molar-refractivity contribution in [3.05, 3.63) is 23.8 Å². The third-order valence-electron chi connectivity index (χ3n) is 2.83. The van der Waals surface area contributed by atoms with E-state index in [0.717, 1.165) is 18.5 Å². The summed E-state index contributed by atoms with van der Waals surface area (Å²) >= 11 is 0. The minimum Gasteiger partial charge on any atom is -0.465 e. The van der Waals surface area contributed by atoms with E-state index < -0.39 is 5.97 Å². The number of nitrogens with two attached hydrogens (primary N) is 3. The van der Waals surface area contributed by atoms with E-state index in [2.05, 4.69) is 20.0 Å². The first-order valence-electron chi connectivity index (χ1n) is 6.42. The fourth-order valence-corrected chi connectivity index (χ4v) is 1.72. The van der Waals surface area contributed by atoms with Crippen LogP contribution in [-0.2, 0) is 4.74 Å². The number of nitrogens with zero attached hydrogens (tertiary/aromatic N) is 2. The lowest BCUT2D eigenvalue weighted by Gasteiger charge is -2.10. The first-order valence-corrected chi connectivity index (χ1v) is 6.42. The topological polar surface area (TPSA) is 141 Å². The number of hydrogen-bond donors (Lipinski definition) is 4. The van der Waals surface area contributed by atoms with Crippen molar-refractivity contribution in [3.8, 4) is 0 Å². The molecule has 0 unspecified atom stereocenters. The number of guanidine groups is 2. The van der Waals surface area contributed by atoms with Crippen molar-refractivity contribution < 1.29 is 9.53 Å². The molecular formula is C13H18N6O2. The number of benzene rings is 1. The van der Waals surface area contributed by atoms with Crippen molar-refractivity contribution >= 4 is 29.3 Å². The van der Waals surface area contributed by atoms with Crippen LogP contribution in [0.5, 0.6) is 0 Å². The minimum atomic E-state index is -0.454. The van der Waals surface area contributed by atoms with E-state index in [1.54, 1.807) is 18.2 Å². The van der Waals surface area contributed by atoms with Crippen LogP contribution in [-0.4, -0.2) is 31.0 Å². The Kier molecular flexibility index (Phi) is 4.27. The summed E-state index contributed by atoms with van der Waals surface area (Å²) in [5.74, 6) is -0.724. The number of methoxy groups -OCH3 is 1. The lowest BCUT2D eigenvalue weighted by molar-refractivity contribution is 0.0601. The van der Waals surface area contributed by atoms with Crippen molar-refractivity contribution in [2.45, 2.75) is 18.9 Å². The fraction of sp³-hybridized carbons (Fsp3) is 0.308. The molecular weight excluding hydrogens is 272 g/mol. The van der Waals surface area contributed by atoms with Gasteiger partial charge in [0.15, 0.2) is 5.96 Å². The summed E-state index contributed by atoms with van der Waals surface area (Å²) in [5.41, 5.74) is 17.8. The normalized spacial score (nSPS) is 14.4. The summed E-state index contributed by atoms with van der Waals surface area (Å²) in [6.45, 7) is 0. The number of hydrogen-bond acceptors (Lipinski definition) is 4. The Morgan fingerprint density at radius 1 is 1.33 bits per heavy atom. The summed E-state index contributed by atoms with van der Waals surface area (Å²) in [7, 11) is 1.31. The van der Waals surface area contributed by atoms with Crippen LogP contribution in [0.2, 0.25) is 0 Å². The number of ether oxygens (including phenoxy) is 1. The average Bonchev–Trinajstić information content (AvgIpc) is 3.22. The van der Waals surface area contributed by atoms with Gasteiger partial charge in [-0.25, -0.2) is 9.79 Å². The SMILES string of the molecule is COC(=O)c1ccc(NC2CC2)c(N=C(N)N=C(N)N)c1. The molecule has 1 saturated carbocycles. The maximum Gasteiger partial charge on any atom is 0.337 e. The second-order valence-corrected chi connectivity index (χ2v) is 4.65. The molecule has 0 radical (unpaired) electrons.